The molecule has 1 aliphatic carbocycles. The number of nitrogens with zero attached hydrogens (tertiary/aromatic N) is 3. The minimum atomic E-state index is -0.459. The number of rotatable bonds is 10. The SMILES string of the molecule is C=C/C(F)=C(\C=C/C)Nc1nc(-c2ccc3c(c2)N(C2CC(CCC)C2)C(=O)C32CCNCC2)cc(N=CCC)c1C. The summed E-state index contributed by atoms with van der Waals surface area (Å²) in [7, 11) is 0. The number of amides is 1. The predicted molar refractivity (Wildman–Crippen MR) is 172 cm³/mol. The third-order valence-corrected chi connectivity index (χ3v) is 9.11. The van der Waals surface area contributed by atoms with Gasteiger partial charge in [0.15, 0.2) is 0 Å². The average molecular weight is 570 g/mol. The van der Waals surface area contributed by atoms with Gasteiger partial charge >= 0.3 is 0 Å². The lowest BCUT2D eigenvalue weighted by Crippen LogP contribution is -2.53. The van der Waals surface area contributed by atoms with Crippen molar-refractivity contribution >= 4 is 29.3 Å². The van der Waals surface area contributed by atoms with E-state index in [9.17, 15) is 9.18 Å². The fourth-order valence-electron chi connectivity index (χ4n) is 6.78. The maximum atomic E-state index is 14.7. The number of aromatic nitrogens is 1. The Balaban J connectivity index is 1.60. The molecule has 2 aromatic rings. The summed E-state index contributed by atoms with van der Waals surface area (Å²) >= 11 is 0. The van der Waals surface area contributed by atoms with Crippen LogP contribution in [0.3, 0.4) is 0 Å². The van der Waals surface area contributed by atoms with Crippen molar-refractivity contribution in [2.75, 3.05) is 23.3 Å². The summed E-state index contributed by atoms with van der Waals surface area (Å²) in [5, 5.41) is 6.63. The van der Waals surface area contributed by atoms with E-state index < -0.39 is 11.2 Å². The Bertz CT molecular complexity index is 1430. The second-order valence-electron chi connectivity index (χ2n) is 11.8. The molecule has 1 spiro atoms. The summed E-state index contributed by atoms with van der Waals surface area (Å²) in [5.41, 5.74) is 5.25. The molecule has 1 aromatic heterocycles. The van der Waals surface area contributed by atoms with E-state index in [4.69, 9.17) is 9.98 Å². The fourth-order valence-corrected chi connectivity index (χ4v) is 6.78. The van der Waals surface area contributed by atoms with Gasteiger partial charge in [0.2, 0.25) is 5.91 Å². The number of benzene rings is 1. The smallest absolute Gasteiger partial charge is 0.238 e. The van der Waals surface area contributed by atoms with Crippen molar-refractivity contribution in [1.82, 2.24) is 10.3 Å². The van der Waals surface area contributed by atoms with Gasteiger partial charge in [-0.15, -0.1) is 0 Å². The molecule has 2 N–H and O–H groups in total. The summed E-state index contributed by atoms with van der Waals surface area (Å²) in [6, 6.07) is 8.63. The zero-order valence-corrected chi connectivity index (χ0v) is 25.5. The Kier molecular flexibility index (Phi) is 9.07. The number of carbonyl (C=O) groups excluding carboxylic acids is 1. The molecule has 1 saturated heterocycles. The van der Waals surface area contributed by atoms with Crippen LogP contribution in [0.15, 0.2) is 65.6 Å². The Labute approximate surface area is 249 Å². The average Bonchev–Trinajstić information content (AvgIpc) is 3.20. The minimum absolute atomic E-state index is 0.251. The Hall–Kier alpha value is -3.58. The zero-order chi connectivity index (χ0) is 29.9. The highest BCUT2D eigenvalue weighted by Gasteiger charge is 2.54. The number of carbonyl (C=O) groups is 1. The molecular weight excluding hydrogens is 525 g/mol. The molecule has 1 aromatic carbocycles. The van der Waals surface area contributed by atoms with E-state index in [1.165, 1.54) is 18.9 Å². The van der Waals surface area contributed by atoms with Crippen LogP contribution in [0.1, 0.15) is 76.8 Å². The van der Waals surface area contributed by atoms with Crippen molar-refractivity contribution in [2.24, 2.45) is 10.9 Å². The molecule has 3 heterocycles. The lowest BCUT2D eigenvalue weighted by atomic mass is 9.73. The Morgan fingerprint density at radius 1 is 1.26 bits per heavy atom. The third-order valence-electron chi connectivity index (χ3n) is 9.11. The van der Waals surface area contributed by atoms with E-state index in [2.05, 4.69) is 47.2 Å². The zero-order valence-electron chi connectivity index (χ0n) is 25.5. The largest absolute Gasteiger partial charge is 0.338 e. The number of aliphatic imine (C=N–C) groups is 1. The van der Waals surface area contributed by atoms with Crippen LogP contribution in [0.25, 0.3) is 11.3 Å². The van der Waals surface area contributed by atoms with Crippen LogP contribution in [0.2, 0.25) is 0 Å². The molecule has 1 saturated carbocycles. The first-order valence-corrected chi connectivity index (χ1v) is 15.5. The molecule has 42 heavy (non-hydrogen) atoms. The number of pyridine rings is 1. The molecule has 5 rings (SSSR count). The number of halogens is 1. The van der Waals surface area contributed by atoms with Gasteiger partial charge in [-0.3, -0.25) is 9.79 Å². The van der Waals surface area contributed by atoms with Crippen molar-refractivity contribution in [1.29, 1.82) is 0 Å². The highest BCUT2D eigenvalue weighted by Crippen LogP contribution is 2.52. The predicted octanol–water partition coefficient (Wildman–Crippen LogP) is 8.07. The van der Waals surface area contributed by atoms with Crippen LogP contribution in [0.4, 0.5) is 21.6 Å². The number of hydrogen-bond donors (Lipinski definition) is 2. The van der Waals surface area contributed by atoms with E-state index in [0.29, 0.717) is 11.7 Å². The van der Waals surface area contributed by atoms with Gasteiger partial charge in [0.05, 0.1) is 22.5 Å². The van der Waals surface area contributed by atoms with Gasteiger partial charge in [-0.2, -0.15) is 0 Å². The highest BCUT2D eigenvalue weighted by atomic mass is 19.1. The quantitative estimate of drug-likeness (QED) is 0.224. The number of anilines is 2. The van der Waals surface area contributed by atoms with Crippen LogP contribution < -0.4 is 15.5 Å². The summed E-state index contributed by atoms with van der Waals surface area (Å²) in [6.07, 6.45) is 13.5. The van der Waals surface area contributed by atoms with Gasteiger partial charge in [-0.05, 0) is 94.8 Å². The second kappa shape index (κ2) is 12.7. The number of allylic oxidation sites excluding steroid dienone is 4. The van der Waals surface area contributed by atoms with Crippen molar-refractivity contribution in [3.8, 4) is 11.3 Å². The normalized spacial score (nSPS) is 22.0. The molecule has 2 fully saturated rings. The summed E-state index contributed by atoms with van der Waals surface area (Å²) in [5.74, 6) is 1.04. The molecule has 2 aliphatic heterocycles. The second-order valence-corrected chi connectivity index (χ2v) is 11.8. The topological polar surface area (TPSA) is 69.6 Å². The summed E-state index contributed by atoms with van der Waals surface area (Å²) in [4.78, 5) is 26.0. The Morgan fingerprint density at radius 3 is 2.69 bits per heavy atom. The van der Waals surface area contributed by atoms with Crippen LogP contribution >= 0.6 is 0 Å². The number of hydrogen-bond acceptors (Lipinski definition) is 5. The van der Waals surface area contributed by atoms with Gasteiger partial charge < -0.3 is 15.5 Å². The molecule has 7 heteroatoms. The van der Waals surface area contributed by atoms with Gasteiger partial charge in [-0.1, -0.05) is 51.5 Å². The van der Waals surface area contributed by atoms with Crippen molar-refractivity contribution < 1.29 is 9.18 Å². The molecule has 0 bridgehead atoms. The number of nitrogens with one attached hydrogen (secondary N) is 2. The van der Waals surface area contributed by atoms with Crippen molar-refractivity contribution in [2.45, 2.75) is 84.1 Å². The van der Waals surface area contributed by atoms with Crippen molar-refractivity contribution in [3.05, 3.63) is 71.7 Å². The van der Waals surface area contributed by atoms with E-state index in [1.807, 2.05) is 33.1 Å². The fraction of sp³-hybridized carbons (Fsp3) is 0.457. The van der Waals surface area contributed by atoms with Crippen molar-refractivity contribution in [3.63, 3.8) is 0 Å². The summed E-state index contributed by atoms with van der Waals surface area (Å²) < 4.78 is 14.7. The van der Waals surface area contributed by atoms with E-state index in [0.717, 1.165) is 79.0 Å². The molecule has 222 valence electrons. The number of fused-ring (bicyclic) bond motifs is 2. The van der Waals surface area contributed by atoms with Gasteiger partial charge in [0, 0.05) is 29.1 Å². The molecule has 3 aliphatic rings. The van der Waals surface area contributed by atoms with Gasteiger partial charge in [-0.25, -0.2) is 9.37 Å². The maximum Gasteiger partial charge on any atom is 0.238 e. The lowest BCUT2D eigenvalue weighted by molar-refractivity contribution is -0.125. The van der Waals surface area contributed by atoms with Gasteiger partial charge in [0.1, 0.15) is 11.6 Å². The molecule has 0 atom stereocenters. The highest BCUT2D eigenvalue weighted by molar-refractivity contribution is 6.09. The third kappa shape index (κ3) is 5.47. The first-order chi connectivity index (χ1) is 20.4. The van der Waals surface area contributed by atoms with E-state index in [1.54, 1.807) is 12.2 Å². The molecule has 1 amide bonds. The maximum absolute atomic E-state index is 14.7. The standard InChI is InChI=1S/C35H44FN5O/c1-6-10-24-19-26(20-24)41-32-21-25(12-13-27(32)35(34(41)42)14-17-37-18-15-35)31-22-30(38-16-8-3)23(5)33(40-31)39-29(11-7-2)28(36)9-4/h7,9,11-13,16,21-22,24,26,37H,4,6,8,10,14-15,17-20H2,1-3,5H3,(H,39,40)/b11-7-,29-28-,38-16?. The van der Waals surface area contributed by atoms with Crippen LogP contribution in [0, 0.1) is 12.8 Å². The molecule has 0 radical (unpaired) electrons. The molecule has 6 nitrogen and oxygen atoms in total. The first-order valence-electron chi connectivity index (χ1n) is 15.5. The monoisotopic (exact) mass is 569 g/mol. The first kappa shape index (κ1) is 29.9. The van der Waals surface area contributed by atoms with Crippen LogP contribution in [-0.4, -0.2) is 36.2 Å². The Morgan fingerprint density at radius 2 is 2.02 bits per heavy atom. The van der Waals surface area contributed by atoms with E-state index >= 15 is 0 Å². The molecular formula is C35H44FN5O. The molecule has 0 unspecified atom stereocenters. The minimum Gasteiger partial charge on any atom is -0.338 e. The lowest BCUT2D eigenvalue weighted by Gasteiger charge is -2.43. The number of piperidine rings is 1. The summed E-state index contributed by atoms with van der Waals surface area (Å²) in [6.45, 7) is 13.3. The van der Waals surface area contributed by atoms with Crippen LogP contribution in [0.5, 0.6) is 0 Å². The van der Waals surface area contributed by atoms with Gasteiger partial charge in [0.25, 0.3) is 0 Å². The van der Waals surface area contributed by atoms with Crippen LogP contribution in [-0.2, 0) is 10.2 Å². The van der Waals surface area contributed by atoms with E-state index in [-0.39, 0.29) is 17.6 Å².